The van der Waals surface area contributed by atoms with Gasteiger partial charge in [0.15, 0.2) is 5.96 Å². The normalized spacial score (nSPS) is 14.1. The van der Waals surface area contributed by atoms with Crippen LogP contribution in [0.2, 0.25) is 0 Å². The van der Waals surface area contributed by atoms with Crippen molar-refractivity contribution in [2.24, 2.45) is 22.2 Å². The van der Waals surface area contributed by atoms with Gasteiger partial charge in [0.2, 0.25) is 17.7 Å². The van der Waals surface area contributed by atoms with Crippen molar-refractivity contribution in [3.8, 4) is 0 Å². The fourth-order valence-corrected chi connectivity index (χ4v) is 3.55. The summed E-state index contributed by atoms with van der Waals surface area (Å²) in [6, 6.07) is 3.81. The molecule has 0 radical (unpaired) electrons. The minimum absolute atomic E-state index is 0.0472. The first-order valence-corrected chi connectivity index (χ1v) is 11.6. The molecule has 0 aliphatic heterocycles. The Morgan fingerprint density at radius 1 is 1.05 bits per heavy atom. The number of aromatic nitrogens is 1. The van der Waals surface area contributed by atoms with E-state index in [0.717, 1.165) is 16.5 Å². The van der Waals surface area contributed by atoms with Gasteiger partial charge in [-0.1, -0.05) is 18.2 Å². The number of amides is 3. The van der Waals surface area contributed by atoms with Gasteiger partial charge in [0.1, 0.15) is 24.7 Å². The predicted molar refractivity (Wildman–Crippen MR) is 136 cm³/mol. The van der Waals surface area contributed by atoms with E-state index in [2.05, 4.69) is 25.9 Å². The Morgan fingerprint density at radius 2 is 1.73 bits per heavy atom. The maximum Gasteiger partial charge on any atom is 0.322 e. The quantitative estimate of drug-likeness (QED) is 0.0735. The third-order valence-corrected chi connectivity index (χ3v) is 5.55. The standard InChI is InChI=1S/C23H34N8O6/c1-12(32)19(24)22(37)31-17(9-13-10-28-15-6-3-2-5-14(13)15)21(36)30-16(7-4-8-27-23(25)26)20(35)29-11-18(33)34/h2-3,5-6,10,12,16-17,19,28,32H,4,7-9,11,24H2,1H3,(H,29,35)(H,30,36)(H,31,37)(H,33,34)(H4,25,26,27). The van der Waals surface area contributed by atoms with Gasteiger partial charge in [-0.3, -0.25) is 24.2 Å². The van der Waals surface area contributed by atoms with Crippen molar-refractivity contribution in [3.05, 3.63) is 36.0 Å². The number of benzene rings is 1. The van der Waals surface area contributed by atoms with Crippen molar-refractivity contribution >= 4 is 40.6 Å². The van der Waals surface area contributed by atoms with Gasteiger partial charge in [0, 0.05) is 30.1 Å². The largest absolute Gasteiger partial charge is 0.480 e. The zero-order chi connectivity index (χ0) is 27.5. The minimum atomic E-state index is -1.28. The Hall–Kier alpha value is -4.17. The first-order chi connectivity index (χ1) is 17.5. The van der Waals surface area contributed by atoms with Gasteiger partial charge in [-0.2, -0.15) is 0 Å². The maximum atomic E-state index is 13.3. The summed E-state index contributed by atoms with van der Waals surface area (Å²) in [5, 5.41) is 26.8. The summed E-state index contributed by atoms with van der Waals surface area (Å²) >= 11 is 0. The number of nitrogens with one attached hydrogen (secondary N) is 4. The Kier molecular flexibility index (Phi) is 10.8. The summed E-state index contributed by atoms with van der Waals surface area (Å²) in [6.45, 7) is 0.885. The van der Waals surface area contributed by atoms with Crippen molar-refractivity contribution in [1.82, 2.24) is 20.9 Å². The SMILES string of the molecule is CC(O)C(N)C(=O)NC(Cc1c[nH]c2ccccc12)C(=O)NC(CCCN=C(N)N)C(=O)NCC(=O)O. The van der Waals surface area contributed by atoms with Crippen LogP contribution < -0.4 is 33.2 Å². The van der Waals surface area contributed by atoms with E-state index in [1.165, 1.54) is 6.92 Å². The molecule has 0 aliphatic carbocycles. The monoisotopic (exact) mass is 518 g/mol. The number of aromatic amines is 1. The van der Waals surface area contributed by atoms with Crippen molar-refractivity contribution in [2.45, 2.75) is 50.4 Å². The highest BCUT2D eigenvalue weighted by Gasteiger charge is 2.30. The van der Waals surface area contributed by atoms with Gasteiger partial charge in [0.05, 0.1) is 6.10 Å². The summed E-state index contributed by atoms with van der Waals surface area (Å²) in [5.41, 5.74) is 17.9. The highest BCUT2D eigenvalue weighted by Crippen LogP contribution is 2.19. The number of fused-ring (bicyclic) bond motifs is 1. The molecule has 0 bridgehead atoms. The van der Waals surface area contributed by atoms with Crippen LogP contribution >= 0.6 is 0 Å². The lowest BCUT2D eigenvalue weighted by Gasteiger charge is -2.24. The zero-order valence-corrected chi connectivity index (χ0v) is 20.4. The number of aliphatic imine (C=N–C) groups is 1. The van der Waals surface area contributed by atoms with Crippen LogP contribution in [0.25, 0.3) is 10.9 Å². The van der Waals surface area contributed by atoms with E-state index in [4.69, 9.17) is 22.3 Å². The second-order valence-corrected chi connectivity index (χ2v) is 8.51. The number of carbonyl (C=O) groups excluding carboxylic acids is 3. The molecule has 1 aromatic carbocycles. The number of aliphatic hydroxyl groups excluding tert-OH is 1. The molecule has 4 unspecified atom stereocenters. The first-order valence-electron chi connectivity index (χ1n) is 11.6. The zero-order valence-electron chi connectivity index (χ0n) is 20.4. The van der Waals surface area contributed by atoms with Crippen molar-refractivity contribution < 1.29 is 29.4 Å². The molecule has 202 valence electrons. The number of aliphatic hydroxyl groups is 1. The van der Waals surface area contributed by atoms with Crippen LogP contribution in [0.5, 0.6) is 0 Å². The van der Waals surface area contributed by atoms with E-state index in [1.54, 1.807) is 6.20 Å². The van der Waals surface area contributed by atoms with E-state index >= 15 is 0 Å². The van der Waals surface area contributed by atoms with E-state index in [0.29, 0.717) is 6.42 Å². The number of carbonyl (C=O) groups is 4. The number of nitrogens with zero attached hydrogens (tertiary/aromatic N) is 1. The summed E-state index contributed by atoms with van der Waals surface area (Å²) < 4.78 is 0. The third-order valence-electron chi connectivity index (χ3n) is 5.55. The van der Waals surface area contributed by atoms with Gasteiger partial charge >= 0.3 is 5.97 Å². The highest BCUT2D eigenvalue weighted by atomic mass is 16.4. The second kappa shape index (κ2) is 13.8. The van der Waals surface area contributed by atoms with E-state index < -0.39 is 54.5 Å². The average molecular weight is 519 g/mol. The van der Waals surface area contributed by atoms with E-state index in [9.17, 15) is 24.3 Å². The molecule has 2 rings (SSSR count). The molecule has 2 aromatic rings. The number of para-hydroxylation sites is 1. The Morgan fingerprint density at radius 3 is 2.38 bits per heavy atom. The van der Waals surface area contributed by atoms with Crippen LogP contribution in [0, 0.1) is 0 Å². The van der Waals surface area contributed by atoms with E-state index in [-0.39, 0.29) is 25.3 Å². The summed E-state index contributed by atoms with van der Waals surface area (Å²) in [6.07, 6.45) is 0.982. The van der Waals surface area contributed by atoms with E-state index in [1.807, 2.05) is 24.3 Å². The molecule has 12 N–H and O–H groups in total. The average Bonchev–Trinajstić information content (AvgIpc) is 3.25. The highest BCUT2D eigenvalue weighted by molar-refractivity contribution is 5.94. The van der Waals surface area contributed by atoms with Crippen LogP contribution in [-0.4, -0.2) is 82.2 Å². The summed E-state index contributed by atoms with van der Waals surface area (Å²) in [7, 11) is 0. The molecule has 0 aliphatic rings. The van der Waals surface area contributed by atoms with Gasteiger partial charge in [-0.25, -0.2) is 0 Å². The van der Waals surface area contributed by atoms with Crippen LogP contribution in [0.3, 0.4) is 0 Å². The molecule has 3 amide bonds. The number of hydrogen-bond acceptors (Lipinski definition) is 7. The Bertz CT molecular complexity index is 1130. The van der Waals surface area contributed by atoms with Crippen LogP contribution in [0.1, 0.15) is 25.3 Å². The lowest BCUT2D eigenvalue weighted by atomic mass is 10.0. The molecule has 1 aromatic heterocycles. The number of guanidine groups is 1. The molecule has 14 heteroatoms. The number of aliphatic carboxylic acids is 1. The number of nitrogens with two attached hydrogens (primary N) is 3. The molecule has 37 heavy (non-hydrogen) atoms. The molecule has 0 saturated carbocycles. The van der Waals surface area contributed by atoms with Crippen molar-refractivity contribution in [2.75, 3.05) is 13.1 Å². The number of carboxylic acid groups (broad SMARTS) is 1. The maximum absolute atomic E-state index is 13.3. The molecule has 1 heterocycles. The van der Waals surface area contributed by atoms with Gasteiger partial charge in [0.25, 0.3) is 0 Å². The smallest absolute Gasteiger partial charge is 0.322 e. The second-order valence-electron chi connectivity index (χ2n) is 8.51. The summed E-state index contributed by atoms with van der Waals surface area (Å²) in [4.78, 5) is 56.4. The molecular formula is C23H34N8O6. The minimum Gasteiger partial charge on any atom is -0.480 e. The van der Waals surface area contributed by atoms with Crippen LogP contribution in [-0.2, 0) is 25.6 Å². The number of rotatable bonds is 14. The molecule has 4 atom stereocenters. The number of H-pyrrole nitrogens is 1. The topological polar surface area (TPSA) is 251 Å². The Balaban J connectivity index is 2.26. The third kappa shape index (κ3) is 9.09. The van der Waals surface area contributed by atoms with Gasteiger partial charge in [-0.15, -0.1) is 0 Å². The number of hydrogen-bond donors (Lipinski definition) is 9. The molecule has 0 saturated heterocycles. The molecule has 14 nitrogen and oxygen atoms in total. The van der Waals surface area contributed by atoms with Gasteiger partial charge in [-0.05, 0) is 31.4 Å². The van der Waals surface area contributed by atoms with Crippen LogP contribution in [0.15, 0.2) is 35.5 Å². The number of carboxylic acids is 1. The molecular weight excluding hydrogens is 484 g/mol. The molecule has 0 spiro atoms. The first kappa shape index (κ1) is 29.1. The van der Waals surface area contributed by atoms with Crippen molar-refractivity contribution in [1.29, 1.82) is 0 Å². The van der Waals surface area contributed by atoms with Crippen molar-refractivity contribution in [3.63, 3.8) is 0 Å². The summed E-state index contributed by atoms with van der Waals surface area (Å²) in [5.74, 6) is -3.57. The van der Waals surface area contributed by atoms with Crippen LogP contribution in [0.4, 0.5) is 0 Å². The lowest BCUT2D eigenvalue weighted by molar-refractivity contribution is -0.138. The molecule has 0 fully saturated rings. The Labute approximate surface area is 213 Å². The lowest BCUT2D eigenvalue weighted by Crippen LogP contribution is -2.58. The fraction of sp³-hybridized carbons (Fsp3) is 0.435. The van der Waals surface area contributed by atoms with Gasteiger partial charge < -0.3 is 48.3 Å². The predicted octanol–water partition coefficient (Wildman–Crippen LogP) is -2.36. The fourth-order valence-electron chi connectivity index (χ4n) is 3.55.